The molecule has 0 unspecified atom stereocenters. The fourth-order valence-corrected chi connectivity index (χ4v) is 3.39. The van der Waals surface area contributed by atoms with Crippen LogP contribution in [-0.4, -0.2) is 55.0 Å². The van der Waals surface area contributed by atoms with Crippen LogP contribution in [0.5, 0.6) is 0 Å². The highest BCUT2D eigenvalue weighted by molar-refractivity contribution is 6.00. The number of H-pyrrole nitrogens is 1. The smallest absolute Gasteiger partial charge is 0.339 e. The van der Waals surface area contributed by atoms with Gasteiger partial charge in [0.15, 0.2) is 0 Å². The van der Waals surface area contributed by atoms with Crippen molar-refractivity contribution in [1.82, 2.24) is 9.88 Å². The normalized spacial score (nSPS) is 14.5. The first-order chi connectivity index (χ1) is 12.4. The molecule has 2 heterocycles. The SMILES string of the molecule is COC(=O)c1c(C)[nH]c(C(=O)N2CCN(c3ccccc3F)CC2)c1C. The summed E-state index contributed by atoms with van der Waals surface area (Å²) < 4.78 is 18.7. The van der Waals surface area contributed by atoms with Gasteiger partial charge in [-0.3, -0.25) is 4.79 Å². The number of hydrogen-bond donors (Lipinski definition) is 1. The molecule has 1 saturated heterocycles. The standard InChI is InChI=1S/C19H22FN3O3/c1-12-16(19(25)26-3)13(2)21-17(12)18(24)23-10-8-22(9-11-23)15-7-5-4-6-14(15)20/h4-7,21H,8-11H2,1-3H3. The number of para-hydroxylation sites is 1. The van der Waals surface area contributed by atoms with E-state index < -0.39 is 5.97 Å². The maximum atomic E-state index is 13.9. The highest BCUT2D eigenvalue weighted by atomic mass is 19.1. The van der Waals surface area contributed by atoms with Crippen LogP contribution in [0.2, 0.25) is 0 Å². The average Bonchev–Trinajstić information content (AvgIpc) is 2.95. The maximum absolute atomic E-state index is 13.9. The Bertz CT molecular complexity index is 839. The summed E-state index contributed by atoms with van der Waals surface area (Å²) >= 11 is 0. The number of nitrogens with zero attached hydrogens (tertiary/aromatic N) is 2. The van der Waals surface area contributed by atoms with Crippen molar-refractivity contribution in [3.05, 3.63) is 52.6 Å². The summed E-state index contributed by atoms with van der Waals surface area (Å²) in [7, 11) is 1.32. The lowest BCUT2D eigenvalue weighted by atomic mass is 10.1. The van der Waals surface area contributed by atoms with Gasteiger partial charge in [-0.25, -0.2) is 9.18 Å². The fourth-order valence-electron chi connectivity index (χ4n) is 3.39. The summed E-state index contributed by atoms with van der Waals surface area (Å²) in [6, 6.07) is 6.64. The number of methoxy groups -OCH3 is 1. The molecule has 138 valence electrons. The molecule has 1 aliphatic heterocycles. The first kappa shape index (κ1) is 18.0. The van der Waals surface area contributed by atoms with Crippen molar-refractivity contribution < 1.29 is 18.7 Å². The summed E-state index contributed by atoms with van der Waals surface area (Å²) in [6.45, 7) is 5.55. The summed E-state index contributed by atoms with van der Waals surface area (Å²) in [5.41, 5.74) is 2.57. The topological polar surface area (TPSA) is 65.6 Å². The van der Waals surface area contributed by atoms with Gasteiger partial charge in [-0.1, -0.05) is 12.1 Å². The Morgan fingerprint density at radius 2 is 1.77 bits per heavy atom. The number of halogens is 1. The van der Waals surface area contributed by atoms with Gasteiger partial charge in [-0.15, -0.1) is 0 Å². The third-order valence-electron chi connectivity index (χ3n) is 4.80. The largest absolute Gasteiger partial charge is 0.465 e. The molecule has 1 aliphatic rings. The summed E-state index contributed by atoms with van der Waals surface area (Å²) in [4.78, 5) is 31.4. The lowest BCUT2D eigenvalue weighted by Crippen LogP contribution is -2.49. The summed E-state index contributed by atoms with van der Waals surface area (Å²) in [5.74, 6) is -0.876. The second kappa shape index (κ2) is 7.19. The number of carbonyl (C=O) groups is 2. The molecule has 1 aromatic carbocycles. The number of nitrogens with one attached hydrogen (secondary N) is 1. The first-order valence-corrected chi connectivity index (χ1v) is 8.50. The van der Waals surface area contributed by atoms with Crippen LogP contribution in [0.3, 0.4) is 0 Å². The zero-order chi connectivity index (χ0) is 18.8. The molecule has 0 aliphatic carbocycles. The molecule has 1 amide bonds. The Labute approximate surface area is 151 Å². The number of esters is 1. The van der Waals surface area contributed by atoms with Crippen LogP contribution in [0.4, 0.5) is 10.1 Å². The molecule has 0 spiro atoms. The second-order valence-electron chi connectivity index (χ2n) is 6.35. The predicted octanol–water partition coefficient (Wildman–Crippen LogP) is 2.52. The molecule has 0 saturated carbocycles. The molecule has 6 nitrogen and oxygen atoms in total. The Morgan fingerprint density at radius 1 is 1.12 bits per heavy atom. The molecule has 26 heavy (non-hydrogen) atoms. The maximum Gasteiger partial charge on any atom is 0.339 e. The van der Waals surface area contributed by atoms with Crippen molar-refractivity contribution in [1.29, 1.82) is 0 Å². The minimum atomic E-state index is -0.459. The van der Waals surface area contributed by atoms with Gasteiger partial charge in [-0.05, 0) is 31.5 Å². The van der Waals surface area contributed by atoms with Crippen LogP contribution in [0.25, 0.3) is 0 Å². The third-order valence-corrected chi connectivity index (χ3v) is 4.80. The molecule has 1 fully saturated rings. The lowest BCUT2D eigenvalue weighted by molar-refractivity contribution is 0.0599. The van der Waals surface area contributed by atoms with E-state index in [0.717, 1.165) is 0 Å². The lowest BCUT2D eigenvalue weighted by Gasteiger charge is -2.36. The van der Waals surface area contributed by atoms with Gasteiger partial charge in [0.25, 0.3) is 5.91 Å². The number of ether oxygens (including phenoxy) is 1. The predicted molar refractivity (Wildman–Crippen MR) is 96.1 cm³/mol. The van der Waals surface area contributed by atoms with Crippen molar-refractivity contribution >= 4 is 17.6 Å². The highest BCUT2D eigenvalue weighted by Crippen LogP contribution is 2.23. The van der Waals surface area contributed by atoms with Crippen LogP contribution in [0.1, 0.15) is 32.1 Å². The molecule has 2 aromatic rings. The molecular formula is C19H22FN3O3. The Hall–Kier alpha value is -2.83. The number of amides is 1. The van der Waals surface area contributed by atoms with Crippen molar-refractivity contribution in [2.45, 2.75) is 13.8 Å². The van der Waals surface area contributed by atoms with Crippen LogP contribution >= 0.6 is 0 Å². The highest BCUT2D eigenvalue weighted by Gasteiger charge is 2.28. The van der Waals surface area contributed by atoms with E-state index in [9.17, 15) is 14.0 Å². The van der Waals surface area contributed by atoms with E-state index in [0.29, 0.717) is 54.4 Å². The van der Waals surface area contributed by atoms with Crippen molar-refractivity contribution in [2.75, 3.05) is 38.2 Å². The van der Waals surface area contributed by atoms with E-state index >= 15 is 0 Å². The average molecular weight is 359 g/mol. The number of hydrogen-bond acceptors (Lipinski definition) is 4. The van der Waals surface area contributed by atoms with Gasteiger partial charge in [-0.2, -0.15) is 0 Å². The second-order valence-corrected chi connectivity index (χ2v) is 6.35. The van der Waals surface area contributed by atoms with E-state index in [1.54, 1.807) is 36.9 Å². The van der Waals surface area contributed by atoms with Crippen LogP contribution in [0.15, 0.2) is 24.3 Å². The Balaban J connectivity index is 1.73. The number of anilines is 1. The van der Waals surface area contributed by atoms with Gasteiger partial charge in [0.1, 0.15) is 11.5 Å². The summed E-state index contributed by atoms with van der Waals surface area (Å²) in [6.07, 6.45) is 0. The molecule has 3 rings (SSSR count). The van der Waals surface area contributed by atoms with Gasteiger partial charge >= 0.3 is 5.97 Å². The first-order valence-electron chi connectivity index (χ1n) is 8.50. The van der Waals surface area contributed by atoms with Gasteiger partial charge < -0.3 is 19.5 Å². The quantitative estimate of drug-likeness (QED) is 0.856. The monoisotopic (exact) mass is 359 g/mol. The number of carbonyl (C=O) groups excluding carboxylic acids is 2. The van der Waals surface area contributed by atoms with E-state index in [2.05, 4.69) is 4.98 Å². The van der Waals surface area contributed by atoms with Gasteiger partial charge in [0, 0.05) is 31.9 Å². The zero-order valence-corrected chi connectivity index (χ0v) is 15.1. The van der Waals surface area contributed by atoms with Gasteiger partial charge in [0.05, 0.1) is 18.4 Å². The van der Waals surface area contributed by atoms with E-state index in [1.807, 2.05) is 4.90 Å². The number of aryl methyl sites for hydroxylation is 1. The minimum absolute atomic E-state index is 0.158. The Kier molecular flexibility index (Phi) is 4.97. The van der Waals surface area contributed by atoms with Crippen LogP contribution < -0.4 is 4.90 Å². The number of aromatic nitrogens is 1. The van der Waals surface area contributed by atoms with Crippen molar-refractivity contribution in [3.63, 3.8) is 0 Å². The third kappa shape index (κ3) is 3.16. The minimum Gasteiger partial charge on any atom is -0.465 e. The molecule has 1 N–H and O–H groups in total. The zero-order valence-electron chi connectivity index (χ0n) is 15.1. The Morgan fingerprint density at radius 3 is 2.38 bits per heavy atom. The number of rotatable bonds is 3. The van der Waals surface area contributed by atoms with Crippen LogP contribution in [0, 0.1) is 19.7 Å². The van der Waals surface area contributed by atoms with Gasteiger partial charge in [0.2, 0.25) is 0 Å². The number of benzene rings is 1. The van der Waals surface area contributed by atoms with E-state index in [1.165, 1.54) is 13.2 Å². The molecule has 0 atom stereocenters. The van der Waals surface area contributed by atoms with Crippen LogP contribution in [-0.2, 0) is 4.74 Å². The molecular weight excluding hydrogens is 337 g/mol. The van der Waals surface area contributed by atoms with E-state index in [-0.39, 0.29) is 11.7 Å². The fraction of sp³-hybridized carbons (Fsp3) is 0.368. The van der Waals surface area contributed by atoms with E-state index in [4.69, 9.17) is 4.74 Å². The van der Waals surface area contributed by atoms with Crippen molar-refractivity contribution in [3.8, 4) is 0 Å². The molecule has 1 aromatic heterocycles. The number of piperazine rings is 1. The summed E-state index contributed by atoms with van der Waals surface area (Å²) in [5, 5.41) is 0. The number of aromatic amines is 1. The van der Waals surface area contributed by atoms with Crippen molar-refractivity contribution in [2.24, 2.45) is 0 Å². The molecule has 0 radical (unpaired) electrons. The molecule has 7 heteroatoms. The molecule has 0 bridgehead atoms.